The number of phenolic OH excluding ortho intramolecular Hbond substituents is 1. The number of phenols is 1. The largest absolute Gasteiger partial charge is 0.508 e. The Morgan fingerprint density at radius 2 is 2.06 bits per heavy atom. The number of piperidine rings is 1. The summed E-state index contributed by atoms with van der Waals surface area (Å²) in [5.41, 5.74) is 3.78. The number of rotatable bonds is 7. The lowest BCUT2D eigenvalue weighted by molar-refractivity contribution is -0.121. The van der Waals surface area contributed by atoms with Crippen molar-refractivity contribution in [2.45, 2.75) is 63.0 Å². The molecule has 2 aromatic carbocycles. The van der Waals surface area contributed by atoms with Crippen molar-refractivity contribution in [3.8, 4) is 11.5 Å². The summed E-state index contributed by atoms with van der Waals surface area (Å²) in [6.45, 7) is 11.9. The number of nitrogens with zero attached hydrogens (tertiary/aromatic N) is 1. The van der Waals surface area contributed by atoms with Gasteiger partial charge in [0.2, 0.25) is 5.91 Å². The number of carbonyl (C=O) groups is 1. The molecule has 35 heavy (non-hydrogen) atoms. The Balaban J connectivity index is 1.36. The molecule has 1 amide bonds. The second-order valence-corrected chi connectivity index (χ2v) is 12.1. The average Bonchev–Trinajstić information content (AvgIpc) is 2.85. The van der Waals surface area contributed by atoms with Crippen molar-refractivity contribution in [1.29, 1.82) is 0 Å². The van der Waals surface area contributed by atoms with E-state index in [0.717, 1.165) is 44.0 Å². The van der Waals surface area contributed by atoms with Crippen molar-refractivity contribution in [3.63, 3.8) is 0 Å². The quantitative estimate of drug-likeness (QED) is 0.565. The van der Waals surface area contributed by atoms with E-state index in [4.69, 9.17) is 4.74 Å². The number of ether oxygens (including phenoxy) is 1. The Hall–Kier alpha value is -2.18. The van der Waals surface area contributed by atoms with E-state index in [1.165, 1.54) is 16.7 Å². The van der Waals surface area contributed by atoms with E-state index in [9.17, 15) is 9.90 Å². The fourth-order valence-electron chi connectivity index (χ4n) is 5.43. The van der Waals surface area contributed by atoms with Crippen LogP contribution >= 0.6 is 11.8 Å². The number of likely N-dealkylation sites (tertiary alicyclic amines) is 1. The van der Waals surface area contributed by atoms with Crippen molar-refractivity contribution >= 4 is 17.7 Å². The molecule has 2 aliphatic rings. The van der Waals surface area contributed by atoms with Crippen LogP contribution in [0, 0.1) is 11.8 Å². The summed E-state index contributed by atoms with van der Waals surface area (Å²) in [6, 6.07) is 14.0. The monoisotopic (exact) mass is 496 g/mol. The summed E-state index contributed by atoms with van der Waals surface area (Å²) >= 11 is 1.73. The van der Waals surface area contributed by atoms with Gasteiger partial charge in [-0.05, 0) is 77.6 Å². The molecule has 0 saturated carbocycles. The van der Waals surface area contributed by atoms with Gasteiger partial charge in [-0.3, -0.25) is 4.79 Å². The number of carbonyl (C=O) groups excluding carboxylic acids is 1. The smallest absolute Gasteiger partial charge is 0.233 e. The van der Waals surface area contributed by atoms with Crippen molar-refractivity contribution in [2.75, 3.05) is 26.7 Å². The predicted octanol–water partition coefficient (Wildman–Crippen LogP) is 5.00. The summed E-state index contributed by atoms with van der Waals surface area (Å²) in [5.74, 6) is 3.02. The lowest BCUT2D eigenvalue weighted by atomic mass is 9.68. The minimum atomic E-state index is -0.0496. The van der Waals surface area contributed by atoms with Gasteiger partial charge in [0.25, 0.3) is 0 Å². The number of hydrogen-bond donors (Lipinski definition) is 2. The minimum Gasteiger partial charge on any atom is -0.508 e. The van der Waals surface area contributed by atoms with Crippen LogP contribution in [-0.4, -0.2) is 53.9 Å². The third-order valence-electron chi connectivity index (χ3n) is 8.21. The van der Waals surface area contributed by atoms with Crippen LogP contribution in [0.4, 0.5) is 0 Å². The molecule has 1 saturated heterocycles. The zero-order chi connectivity index (χ0) is 25.2. The van der Waals surface area contributed by atoms with Crippen LogP contribution in [-0.2, 0) is 22.4 Å². The maximum Gasteiger partial charge on any atom is 0.233 e. The normalized spacial score (nSPS) is 25.7. The van der Waals surface area contributed by atoms with Gasteiger partial charge in [-0.15, -0.1) is 11.8 Å². The number of thioether (sulfide) groups is 1. The molecule has 0 aromatic heterocycles. The first-order valence-corrected chi connectivity index (χ1v) is 13.8. The van der Waals surface area contributed by atoms with Gasteiger partial charge in [0.05, 0.1) is 12.4 Å². The zero-order valence-corrected chi connectivity index (χ0v) is 22.5. The second-order valence-electron chi connectivity index (χ2n) is 10.9. The van der Waals surface area contributed by atoms with E-state index in [-0.39, 0.29) is 22.6 Å². The Morgan fingerprint density at radius 3 is 2.74 bits per heavy atom. The summed E-state index contributed by atoms with van der Waals surface area (Å²) in [4.78, 5) is 15.8. The number of aromatic hydroxyl groups is 1. The summed E-state index contributed by atoms with van der Waals surface area (Å²) in [6.07, 6.45) is 1.80. The molecular weight excluding hydrogens is 456 g/mol. The van der Waals surface area contributed by atoms with Crippen LogP contribution in [0.3, 0.4) is 0 Å². The van der Waals surface area contributed by atoms with Gasteiger partial charge in [0, 0.05) is 24.9 Å². The van der Waals surface area contributed by atoms with Gasteiger partial charge in [-0.2, -0.15) is 0 Å². The number of amides is 1. The molecule has 0 aliphatic carbocycles. The van der Waals surface area contributed by atoms with Crippen LogP contribution < -0.4 is 10.1 Å². The fourth-order valence-corrected chi connectivity index (χ4v) is 6.60. The molecule has 190 valence electrons. The predicted molar refractivity (Wildman–Crippen MR) is 144 cm³/mol. The summed E-state index contributed by atoms with van der Waals surface area (Å²) in [7, 11) is 1.69. The molecule has 2 aliphatic heterocycles. The van der Waals surface area contributed by atoms with Crippen LogP contribution in [0.25, 0.3) is 0 Å². The maximum atomic E-state index is 13.3. The molecule has 0 unspecified atom stereocenters. The standard InChI is InChI=1S/C29H40N2O3S/c1-19(2)26(30-28(33)27-14-21-9-10-25(34-5)13-22(21)18-35-27)17-31-12-11-29(4,20(3)16-31)23-7-6-8-24(32)15-23/h6-10,13,15,19-20,26-27,32H,11-12,14,16-18H2,1-5H3,(H,30,33)/t20-,26+,27-,29+/m0/s1. The van der Waals surface area contributed by atoms with Crippen molar-refractivity contribution in [1.82, 2.24) is 10.2 Å². The summed E-state index contributed by atoms with van der Waals surface area (Å²) in [5, 5.41) is 13.3. The first-order chi connectivity index (χ1) is 16.7. The number of nitrogens with one attached hydrogen (secondary N) is 1. The number of fused-ring (bicyclic) bond motifs is 1. The van der Waals surface area contributed by atoms with Crippen LogP contribution in [0.2, 0.25) is 0 Å². The summed E-state index contributed by atoms with van der Waals surface area (Å²) < 4.78 is 5.35. The molecule has 1 fully saturated rings. The molecule has 2 N–H and O–H groups in total. The van der Waals surface area contributed by atoms with Gasteiger partial charge in [0.1, 0.15) is 11.5 Å². The van der Waals surface area contributed by atoms with Crippen molar-refractivity contribution in [2.24, 2.45) is 11.8 Å². The van der Waals surface area contributed by atoms with Crippen LogP contribution in [0.5, 0.6) is 11.5 Å². The topological polar surface area (TPSA) is 61.8 Å². The Morgan fingerprint density at radius 1 is 1.26 bits per heavy atom. The molecule has 0 bridgehead atoms. The molecular formula is C29H40N2O3S. The van der Waals surface area contributed by atoms with E-state index < -0.39 is 0 Å². The molecule has 4 atom stereocenters. The Kier molecular flexibility index (Phi) is 8.02. The van der Waals surface area contributed by atoms with Crippen LogP contribution in [0.1, 0.15) is 50.8 Å². The Bertz CT molecular complexity index is 1040. The molecule has 0 spiro atoms. The fraction of sp³-hybridized carbons (Fsp3) is 0.552. The van der Waals surface area contributed by atoms with Gasteiger partial charge in [-0.1, -0.05) is 45.9 Å². The van der Waals surface area contributed by atoms with E-state index in [2.05, 4.69) is 56.1 Å². The zero-order valence-electron chi connectivity index (χ0n) is 21.7. The minimum absolute atomic E-state index is 0.0423. The van der Waals surface area contributed by atoms with Gasteiger partial charge in [0.15, 0.2) is 0 Å². The highest BCUT2D eigenvalue weighted by atomic mass is 32.2. The highest BCUT2D eigenvalue weighted by molar-refractivity contribution is 7.99. The van der Waals surface area contributed by atoms with E-state index in [1.807, 2.05) is 18.2 Å². The SMILES string of the molecule is COc1ccc2c(c1)CS[C@H](C(=O)N[C@H](CN1CC[C@@](C)(c3cccc(O)c3)[C@@H](C)C1)C(C)C)C2. The second kappa shape index (κ2) is 10.8. The van der Waals surface area contributed by atoms with Gasteiger partial charge in [-0.25, -0.2) is 0 Å². The number of benzene rings is 2. The van der Waals surface area contributed by atoms with Gasteiger partial charge < -0.3 is 20.1 Å². The van der Waals surface area contributed by atoms with Crippen molar-refractivity contribution in [3.05, 3.63) is 59.2 Å². The van der Waals surface area contributed by atoms with Crippen LogP contribution in [0.15, 0.2) is 42.5 Å². The lowest BCUT2D eigenvalue weighted by Crippen LogP contribution is -2.54. The first kappa shape index (κ1) is 25.9. The highest BCUT2D eigenvalue weighted by Crippen LogP contribution is 2.40. The third kappa shape index (κ3) is 5.80. The first-order valence-electron chi connectivity index (χ1n) is 12.8. The number of methoxy groups -OCH3 is 1. The molecule has 6 heteroatoms. The third-order valence-corrected chi connectivity index (χ3v) is 9.47. The van der Waals surface area contributed by atoms with Gasteiger partial charge >= 0.3 is 0 Å². The molecule has 5 nitrogen and oxygen atoms in total. The molecule has 0 radical (unpaired) electrons. The highest BCUT2D eigenvalue weighted by Gasteiger charge is 2.39. The Labute approximate surface area is 214 Å². The lowest BCUT2D eigenvalue weighted by Gasteiger charge is -2.46. The molecule has 2 heterocycles. The van der Waals surface area contributed by atoms with E-state index in [0.29, 0.717) is 17.6 Å². The van der Waals surface area contributed by atoms with E-state index >= 15 is 0 Å². The average molecular weight is 497 g/mol. The maximum absolute atomic E-state index is 13.3. The van der Waals surface area contributed by atoms with E-state index in [1.54, 1.807) is 24.9 Å². The molecule has 4 rings (SSSR count). The number of hydrogen-bond acceptors (Lipinski definition) is 5. The molecule has 2 aromatic rings. The van der Waals surface area contributed by atoms with Crippen molar-refractivity contribution < 1.29 is 14.6 Å².